The number of nitrogens with two attached hydrogens (primary N) is 1. The number of aromatic hydroxyl groups is 1. The Balaban J connectivity index is 3.46. The van der Waals surface area contributed by atoms with Crippen molar-refractivity contribution in [3.8, 4) is 5.75 Å². The maximum Gasteiger partial charge on any atom is 0.142 e. The van der Waals surface area contributed by atoms with Crippen LogP contribution in [0, 0.1) is 0 Å². The van der Waals surface area contributed by atoms with Crippen LogP contribution in [0.4, 0.5) is 5.69 Å². The molecule has 0 amide bonds. The van der Waals surface area contributed by atoms with E-state index in [9.17, 15) is 5.11 Å². The van der Waals surface area contributed by atoms with Crippen molar-refractivity contribution < 1.29 is 5.11 Å². The van der Waals surface area contributed by atoms with Crippen molar-refractivity contribution in [3.63, 3.8) is 0 Å². The number of phenolic OH excluding ortho intramolecular Hbond substituents is 1. The molecule has 0 fully saturated rings. The van der Waals surface area contributed by atoms with Gasteiger partial charge in [0.25, 0.3) is 0 Å². The van der Waals surface area contributed by atoms with Gasteiger partial charge in [0.2, 0.25) is 0 Å². The van der Waals surface area contributed by atoms with E-state index in [0.29, 0.717) is 5.69 Å². The molecule has 0 aliphatic heterocycles. The standard InChI is InChI=1S/C16H27NO/c1-7-15(3,4)11-9-12(16(5,6)8-2)14(18)13(17)10-11/h9-10,18H,7-8,17H2,1-6H3. The summed E-state index contributed by atoms with van der Waals surface area (Å²) in [5.74, 6) is 0.248. The van der Waals surface area contributed by atoms with E-state index in [-0.39, 0.29) is 16.6 Å². The summed E-state index contributed by atoms with van der Waals surface area (Å²) in [6.45, 7) is 13.0. The Morgan fingerprint density at radius 2 is 1.50 bits per heavy atom. The average Bonchev–Trinajstić information content (AvgIpc) is 2.31. The first-order chi connectivity index (χ1) is 8.15. The fourth-order valence-corrected chi connectivity index (χ4v) is 1.96. The molecule has 0 heterocycles. The molecule has 0 aromatic heterocycles. The number of hydrogen-bond donors (Lipinski definition) is 2. The molecule has 2 heteroatoms. The van der Waals surface area contributed by atoms with Gasteiger partial charge in [0, 0.05) is 5.56 Å². The van der Waals surface area contributed by atoms with Crippen molar-refractivity contribution >= 4 is 5.69 Å². The molecule has 1 aromatic rings. The normalized spacial score (nSPS) is 12.8. The minimum atomic E-state index is -0.0575. The van der Waals surface area contributed by atoms with E-state index in [1.54, 1.807) is 0 Å². The summed E-state index contributed by atoms with van der Waals surface area (Å²) < 4.78 is 0. The van der Waals surface area contributed by atoms with Crippen LogP contribution in [0.3, 0.4) is 0 Å². The number of hydrogen-bond acceptors (Lipinski definition) is 2. The minimum absolute atomic E-state index is 0.0575. The highest BCUT2D eigenvalue weighted by Gasteiger charge is 2.27. The van der Waals surface area contributed by atoms with Crippen molar-refractivity contribution in [2.45, 2.75) is 65.2 Å². The predicted molar refractivity (Wildman–Crippen MR) is 79.2 cm³/mol. The highest BCUT2D eigenvalue weighted by atomic mass is 16.3. The largest absolute Gasteiger partial charge is 0.505 e. The van der Waals surface area contributed by atoms with Gasteiger partial charge in [0.05, 0.1) is 5.69 Å². The smallest absolute Gasteiger partial charge is 0.142 e. The molecule has 0 atom stereocenters. The molecule has 18 heavy (non-hydrogen) atoms. The van der Waals surface area contributed by atoms with Gasteiger partial charge < -0.3 is 10.8 Å². The summed E-state index contributed by atoms with van der Waals surface area (Å²) in [7, 11) is 0. The third-order valence-corrected chi connectivity index (χ3v) is 4.42. The first-order valence-electron chi connectivity index (χ1n) is 6.79. The SMILES string of the molecule is CCC(C)(C)c1cc(N)c(O)c(C(C)(C)CC)c1. The lowest BCUT2D eigenvalue weighted by molar-refractivity contribution is 0.427. The molecular formula is C16H27NO. The van der Waals surface area contributed by atoms with Gasteiger partial charge in [-0.25, -0.2) is 0 Å². The van der Waals surface area contributed by atoms with Gasteiger partial charge in [-0.3, -0.25) is 0 Å². The van der Waals surface area contributed by atoms with Crippen LogP contribution >= 0.6 is 0 Å². The lowest BCUT2D eigenvalue weighted by atomic mass is 9.76. The number of benzene rings is 1. The highest BCUT2D eigenvalue weighted by Crippen LogP contribution is 2.41. The average molecular weight is 249 g/mol. The molecule has 1 aromatic carbocycles. The molecule has 0 radical (unpaired) electrons. The Morgan fingerprint density at radius 1 is 1.00 bits per heavy atom. The quantitative estimate of drug-likeness (QED) is 0.615. The third kappa shape index (κ3) is 2.63. The Hall–Kier alpha value is -1.18. The first kappa shape index (κ1) is 14.9. The molecule has 2 nitrogen and oxygen atoms in total. The van der Waals surface area contributed by atoms with Gasteiger partial charge in [-0.2, -0.15) is 0 Å². The molecule has 102 valence electrons. The molecule has 0 aliphatic rings. The van der Waals surface area contributed by atoms with E-state index in [0.717, 1.165) is 18.4 Å². The molecule has 0 bridgehead atoms. The fourth-order valence-electron chi connectivity index (χ4n) is 1.96. The summed E-state index contributed by atoms with van der Waals surface area (Å²) in [5.41, 5.74) is 8.66. The van der Waals surface area contributed by atoms with Gasteiger partial charge in [0.15, 0.2) is 0 Å². The van der Waals surface area contributed by atoms with Crippen LogP contribution in [0.5, 0.6) is 5.75 Å². The lowest BCUT2D eigenvalue weighted by Gasteiger charge is -2.30. The molecule has 0 saturated heterocycles. The van der Waals surface area contributed by atoms with Gasteiger partial charge >= 0.3 is 0 Å². The highest BCUT2D eigenvalue weighted by molar-refractivity contribution is 5.61. The molecular weight excluding hydrogens is 222 g/mol. The Bertz CT molecular complexity index is 433. The van der Waals surface area contributed by atoms with Gasteiger partial charge in [-0.1, -0.05) is 47.6 Å². The summed E-state index contributed by atoms with van der Waals surface area (Å²) in [6.07, 6.45) is 2.01. The summed E-state index contributed by atoms with van der Waals surface area (Å²) in [5, 5.41) is 10.2. The van der Waals surface area contributed by atoms with Gasteiger partial charge in [-0.15, -0.1) is 0 Å². The molecule has 0 saturated carbocycles. The topological polar surface area (TPSA) is 46.2 Å². The van der Waals surface area contributed by atoms with Crippen molar-refractivity contribution in [2.24, 2.45) is 0 Å². The van der Waals surface area contributed by atoms with Crippen LogP contribution in [0.25, 0.3) is 0 Å². The predicted octanol–water partition coefficient (Wildman–Crippen LogP) is 4.35. The van der Waals surface area contributed by atoms with E-state index < -0.39 is 0 Å². The summed E-state index contributed by atoms with van der Waals surface area (Å²) in [4.78, 5) is 0. The second kappa shape index (κ2) is 4.83. The van der Waals surface area contributed by atoms with Crippen LogP contribution in [-0.2, 0) is 10.8 Å². The van der Waals surface area contributed by atoms with Gasteiger partial charge in [-0.05, 0) is 35.3 Å². The maximum atomic E-state index is 10.2. The molecule has 0 unspecified atom stereocenters. The van der Waals surface area contributed by atoms with E-state index in [4.69, 9.17) is 5.73 Å². The van der Waals surface area contributed by atoms with Crippen LogP contribution in [0.1, 0.15) is 65.5 Å². The summed E-state index contributed by atoms with van der Waals surface area (Å²) in [6, 6.07) is 4.03. The number of rotatable bonds is 4. The van der Waals surface area contributed by atoms with E-state index in [1.807, 2.05) is 6.07 Å². The van der Waals surface area contributed by atoms with Crippen LogP contribution < -0.4 is 5.73 Å². The molecule has 1 rings (SSSR count). The van der Waals surface area contributed by atoms with Crippen molar-refractivity contribution in [3.05, 3.63) is 23.3 Å². The number of anilines is 1. The Kier molecular flexibility index (Phi) is 3.99. The van der Waals surface area contributed by atoms with E-state index >= 15 is 0 Å². The van der Waals surface area contributed by atoms with E-state index in [1.165, 1.54) is 5.56 Å². The zero-order valence-corrected chi connectivity index (χ0v) is 12.6. The molecule has 3 N–H and O–H groups in total. The second-order valence-corrected chi connectivity index (χ2v) is 6.44. The van der Waals surface area contributed by atoms with Crippen molar-refractivity contribution in [1.29, 1.82) is 0 Å². The Labute approximate surface area is 111 Å². The van der Waals surface area contributed by atoms with Gasteiger partial charge in [0.1, 0.15) is 5.75 Å². The lowest BCUT2D eigenvalue weighted by Crippen LogP contribution is -2.21. The van der Waals surface area contributed by atoms with Crippen molar-refractivity contribution in [1.82, 2.24) is 0 Å². The summed E-state index contributed by atoms with van der Waals surface area (Å²) >= 11 is 0. The molecule has 0 spiro atoms. The van der Waals surface area contributed by atoms with E-state index in [2.05, 4.69) is 47.6 Å². The maximum absolute atomic E-state index is 10.2. The second-order valence-electron chi connectivity index (χ2n) is 6.44. The zero-order chi connectivity index (χ0) is 14.1. The van der Waals surface area contributed by atoms with Crippen molar-refractivity contribution in [2.75, 3.05) is 5.73 Å². The number of phenols is 1. The molecule has 0 aliphatic carbocycles. The van der Waals surface area contributed by atoms with Crippen LogP contribution in [0.15, 0.2) is 12.1 Å². The Morgan fingerprint density at radius 3 is 1.94 bits per heavy atom. The minimum Gasteiger partial charge on any atom is -0.505 e. The van der Waals surface area contributed by atoms with Crippen LogP contribution in [-0.4, -0.2) is 5.11 Å². The fraction of sp³-hybridized carbons (Fsp3) is 0.625. The number of nitrogen functional groups attached to an aromatic ring is 1. The zero-order valence-electron chi connectivity index (χ0n) is 12.6. The monoisotopic (exact) mass is 249 g/mol. The first-order valence-corrected chi connectivity index (χ1v) is 6.79. The third-order valence-electron chi connectivity index (χ3n) is 4.42. The van der Waals surface area contributed by atoms with Crippen LogP contribution in [0.2, 0.25) is 0 Å².